The number of piperidine rings is 1. The second kappa shape index (κ2) is 5.16. The second-order valence-electron chi connectivity index (χ2n) is 6.42. The average Bonchev–Trinajstić information content (AvgIpc) is 2.93. The summed E-state index contributed by atoms with van der Waals surface area (Å²) in [6, 6.07) is 1.88. The number of anilines is 1. The first-order chi connectivity index (χ1) is 9.13. The normalized spacial score (nSPS) is 27.8. The number of fused-ring (bicyclic) bond motifs is 1. The zero-order chi connectivity index (χ0) is 13.4. The molecule has 0 spiro atoms. The van der Waals surface area contributed by atoms with Crippen molar-refractivity contribution in [2.45, 2.75) is 64.6 Å². The van der Waals surface area contributed by atoms with Gasteiger partial charge < -0.3 is 14.8 Å². The van der Waals surface area contributed by atoms with E-state index in [2.05, 4.69) is 46.7 Å². The van der Waals surface area contributed by atoms with E-state index in [1.54, 1.807) is 0 Å². The maximum absolute atomic E-state index is 4.65. The Hall–Kier alpha value is -1.03. The van der Waals surface area contributed by atoms with Crippen molar-refractivity contribution in [3.05, 3.63) is 11.9 Å². The molecule has 0 saturated carbocycles. The van der Waals surface area contributed by atoms with Gasteiger partial charge in [-0.3, -0.25) is 0 Å². The van der Waals surface area contributed by atoms with Gasteiger partial charge in [0.15, 0.2) is 0 Å². The lowest BCUT2D eigenvalue weighted by molar-refractivity contribution is 0.156. The van der Waals surface area contributed by atoms with E-state index in [0.29, 0.717) is 12.1 Å². The smallest absolute Gasteiger partial charge is 0.203 e. The zero-order valence-electron chi connectivity index (χ0n) is 12.4. The molecular formula is C15H26N4. The van der Waals surface area contributed by atoms with E-state index >= 15 is 0 Å². The third kappa shape index (κ3) is 2.64. The van der Waals surface area contributed by atoms with Crippen molar-refractivity contribution in [1.82, 2.24) is 14.5 Å². The molecule has 2 aliphatic rings. The zero-order valence-corrected chi connectivity index (χ0v) is 12.4. The van der Waals surface area contributed by atoms with E-state index in [-0.39, 0.29) is 0 Å². The number of imidazole rings is 1. The summed E-state index contributed by atoms with van der Waals surface area (Å²) >= 11 is 0. The van der Waals surface area contributed by atoms with Crippen molar-refractivity contribution in [2.75, 3.05) is 18.4 Å². The van der Waals surface area contributed by atoms with Crippen molar-refractivity contribution in [1.29, 1.82) is 0 Å². The van der Waals surface area contributed by atoms with Crippen LogP contribution in [0.2, 0.25) is 0 Å². The molecule has 0 radical (unpaired) electrons. The summed E-state index contributed by atoms with van der Waals surface area (Å²) in [5.74, 6) is 1.06. The van der Waals surface area contributed by atoms with Crippen molar-refractivity contribution >= 4 is 5.95 Å². The van der Waals surface area contributed by atoms with Gasteiger partial charge in [0.25, 0.3) is 0 Å². The SMILES string of the molecule is Cc1cn(C2CCN3CCCC3C2)c(NC(C)C)n1. The molecule has 4 heteroatoms. The van der Waals surface area contributed by atoms with Crippen LogP contribution in [0.3, 0.4) is 0 Å². The van der Waals surface area contributed by atoms with Gasteiger partial charge in [0.05, 0.1) is 5.69 Å². The number of hydrogen-bond acceptors (Lipinski definition) is 3. The molecule has 19 heavy (non-hydrogen) atoms. The van der Waals surface area contributed by atoms with E-state index in [1.807, 2.05) is 0 Å². The topological polar surface area (TPSA) is 33.1 Å². The van der Waals surface area contributed by atoms with Crippen molar-refractivity contribution in [2.24, 2.45) is 0 Å². The summed E-state index contributed by atoms with van der Waals surface area (Å²) in [5.41, 5.74) is 1.12. The number of aryl methyl sites for hydroxylation is 1. The van der Waals surface area contributed by atoms with Crippen LogP contribution in [0.1, 0.15) is 51.3 Å². The van der Waals surface area contributed by atoms with Crippen molar-refractivity contribution < 1.29 is 0 Å². The molecule has 2 atom stereocenters. The molecule has 0 aromatic carbocycles. The molecule has 0 amide bonds. The van der Waals surface area contributed by atoms with Gasteiger partial charge in [0.2, 0.25) is 5.95 Å². The van der Waals surface area contributed by atoms with Gasteiger partial charge in [-0.15, -0.1) is 0 Å². The van der Waals surface area contributed by atoms with E-state index in [9.17, 15) is 0 Å². The van der Waals surface area contributed by atoms with Crippen LogP contribution in [0, 0.1) is 6.92 Å². The standard InChI is InChI=1S/C15H26N4/c1-11(2)16-15-17-12(3)10-19(15)14-6-8-18-7-4-5-13(18)9-14/h10-11,13-14H,4-9H2,1-3H3,(H,16,17). The summed E-state index contributed by atoms with van der Waals surface area (Å²) in [6.45, 7) is 9.01. The van der Waals surface area contributed by atoms with Crippen LogP contribution in [0.15, 0.2) is 6.20 Å². The Morgan fingerprint density at radius 2 is 2.11 bits per heavy atom. The number of nitrogens with one attached hydrogen (secondary N) is 1. The lowest BCUT2D eigenvalue weighted by atomic mass is 9.97. The van der Waals surface area contributed by atoms with Crippen molar-refractivity contribution in [3.8, 4) is 0 Å². The van der Waals surface area contributed by atoms with Crippen LogP contribution in [-0.4, -0.2) is 39.6 Å². The molecule has 0 bridgehead atoms. The first kappa shape index (κ1) is 13.0. The number of aromatic nitrogens is 2. The number of rotatable bonds is 3. The first-order valence-corrected chi connectivity index (χ1v) is 7.69. The molecule has 1 aromatic rings. The molecule has 2 aliphatic heterocycles. The molecule has 0 aliphatic carbocycles. The lowest BCUT2D eigenvalue weighted by Crippen LogP contribution is -2.38. The monoisotopic (exact) mass is 262 g/mol. The van der Waals surface area contributed by atoms with E-state index in [0.717, 1.165) is 17.7 Å². The molecular weight excluding hydrogens is 236 g/mol. The quantitative estimate of drug-likeness (QED) is 0.909. The summed E-state index contributed by atoms with van der Waals surface area (Å²) < 4.78 is 2.39. The predicted octanol–water partition coefficient (Wildman–Crippen LogP) is 2.81. The summed E-state index contributed by atoms with van der Waals surface area (Å²) in [4.78, 5) is 7.33. The Morgan fingerprint density at radius 1 is 1.26 bits per heavy atom. The maximum atomic E-state index is 4.65. The largest absolute Gasteiger partial charge is 0.353 e. The van der Waals surface area contributed by atoms with Crippen molar-refractivity contribution in [3.63, 3.8) is 0 Å². The van der Waals surface area contributed by atoms with Gasteiger partial charge in [-0.2, -0.15) is 0 Å². The van der Waals surface area contributed by atoms with Gasteiger partial charge in [0, 0.05) is 30.9 Å². The molecule has 2 unspecified atom stereocenters. The van der Waals surface area contributed by atoms with Gasteiger partial charge in [-0.05, 0) is 53.0 Å². The highest BCUT2D eigenvalue weighted by Gasteiger charge is 2.33. The third-order valence-corrected chi connectivity index (χ3v) is 4.46. The summed E-state index contributed by atoms with van der Waals surface area (Å²) in [7, 11) is 0. The molecule has 3 rings (SSSR count). The van der Waals surface area contributed by atoms with Crippen LogP contribution >= 0.6 is 0 Å². The number of nitrogens with zero attached hydrogens (tertiary/aromatic N) is 3. The molecule has 4 nitrogen and oxygen atoms in total. The Morgan fingerprint density at radius 3 is 2.89 bits per heavy atom. The third-order valence-electron chi connectivity index (χ3n) is 4.46. The van der Waals surface area contributed by atoms with Gasteiger partial charge in [-0.25, -0.2) is 4.98 Å². The molecule has 1 N–H and O–H groups in total. The molecule has 106 valence electrons. The summed E-state index contributed by atoms with van der Waals surface area (Å²) in [6.07, 6.45) is 7.55. The van der Waals surface area contributed by atoms with E-state index in [4.69, 9.17) is 0 Å². The maximum Gasteiger partial charge on any atom is 0.203 e. The van der Waals surface area contributed by atoms with Crippen LogP contribution in [0.5, 0.6) is 0 Å². The van der Waals surface area contributed by atoms with Crippen LogP contribution in [-0.2, 0) is 0 Å². The average molecular weight is 262 g/mol. The fourth-order valence-electron chi connectivity index (χ4n) is 3.62. The molecule has 2 fully saturated rings. The molecule has 2 saturated heterocycles. The van der Waals surface area contributed by atoms with Crippen LogP contribution in [0.25, 0.3) is 0 Å². The minimum Gasteiger partial charge on any atom is -0.353 e. The van der Waals surface area contributed by atoms with Crippen LogP contribution < -0.4 is 5.32 Å². The minimum absolute atomic E-state index is 0.437. The lowest BCUT2D eigenvalue weighted by Gasteiger charge is -2.36. The van der Waals surface area contributed by atoms with Crippen LogP contribution in [0.4, 0.5) is 5.95 Å². The van der Waals surface area contributed by atoms with Gasteiger partial charge >= 0.3 is 0 Å². The number of hydrogen-bond donors (Lipinski definition) is 1. The predicted molar refractivity (Wildman–Crippen MR) is 78.6 cm³/mol. The fourth-order valence-corrected chi connectivity index (χ4v) is 3.62. The van der Waals surface area contributed by atoms with E-state index in [1.165, 1.54) is 38.8 Å². The Balaban J connectivity index is 1.77. The van der Waals surface area contributed by atoms with Gasteiger partial charge in [-0.1, -0.05) is 0 Å². The highest BCUT2D eigenvalue weighted by atomic mass is 15.3. The fraction of sp³-hybridized carbons (Fsp3) is 0.800. The Labute approximate surface area is 116 Å². The Kier molecular flexibility index (Phi) is 3.52. The van der Waals surface area contributed by atoms with Gasteiger partial charge in [0.1, 0.15) is 0 Å². The highest BCUT2D eigenvalue weighted by Crippen LogP contribution is 2.34. The Bertz CT molecular complexity index is 437. The second-order valence-corrected chi connectivity index (χ2v) is 6.42. The highest BCUT2D eigenvalue weighted by molar-refractivity contribution is 5.30. The summed E-state index contributed by atoms with van der Waals surface area (Å²) in [5, 5.41) is 3.49. The van der Waals surface area contributed by atoms with E-state index < -0.39 is 0 Å². The first-order valence-electron chi connectivity index (χ1n) is 7.69. The molecule has 3 heterocycles. The molecule has 1 aromatic heterocycles. The minimum atomic E-state index is 0.437.